The van der Waals surface area contributed by atoms with Gasteiger partial charge < -0.3 is 9.64 Å². The van der Waals surface area contributed by atoms with Crippen LogP contribution in [0.5, 0.6) is 5.88 Å². The van der Waals surface area contributed by atoms with Crippen LogP contribution in [0, 0.1) is 0 Å². The number of carbonyl (C=O) groups is 1. The number of pyridine rings is 2. The molecule has 5 heteroatoms. The fourth-order valence-corrected chi connectivity index (χ4v) is 1.77. The number of nitrogens with zero attached hydrogens (tertiary/aromatic N) is 3. The van der Waals surface area contributed by atoms with E-state index in [1.807, 2.05) is 12.1 Å². The summed E-state index contributed by atoms with van der Waals surface area (Å²) in [5.41, 5.74) is 1.48. The normalized spacial score (nSPS) is 10.0. The third-order valence-corrected chi connectivity index (χ3v) is 2.72. The third-order valence-electron chi connectivity index (χ3n) is 2.72. The van der Waals surface area contributed by atoms with E-state index >= 15 is 0 Å². The van der Waals surface area contributed by atoms with Crippen LogP contribution in [-0.4, -0.2) is 34.9 Å². The quantitative estimate of drug-likeness (QED) is 0.837. The predicted octanol–water partition coefficient (Wildman–Crippen LogP) is 1.76. The standard InChI is InChI=1S/C14H15N3O2/c1-17(14(18)11-5-8-15-9-6-11)10-12-4-3-7-16-13(12)19-2/h3-9H,10H2,1-2H3. The first kappa shape index (κ1) is 13.0. The Morgan fingerprint density at radius 2 is 2.00 bits per heavy atom. The van der Waals surface area contributed by atoms with Crippen molar-refractivity contribution in [1.82, 2.24) is 14.9 Å². The summed E-state index contributed by atoms with van der Waals surface area (Å²) in [7, 11) is 3.31. The zero-order valence-electron chi connectivity index (χ0n) is 10.9. The van der Waals surface area contributed by atoms with Crippen LogP contribution in [0.25, 0.3) is 0 Å². The molecule has 5 nitrogen and oxygen atoms in total. The number of aromatic nitrogens is 2. The van der Waals surface area contributed by atoms with Gasteiger partial charge in [0, 0.05) is 36.8 Å². The van der Waals surface area contributed by atoms with Crippen LogP contribution in [0.4, 0.5) is 0 Å². The van der Waals surface area contributed by atoms with Gasteiger partial charge in [0.2, 0.25) is 5.88 Å². The molecule has 1 amide bonds. The highest BCUT2D eigenvalue weighted by molar-refractivity contribution is 5.93. The summed E-state index contributed by atoms with van der Waals surface area (Å²) in [5, 5.41) is 0. The van der Waals surface area contributed by atoms with Crippen LogP contribution in [-0.2, 0) is 6.54 Å². The maximum atomic E-state index is 12.2. The third kappa shape index (κ3) is 3.07. The van der Waals surface area contributed by atoms with Crippen LogP contribution in [0.3, 0.4) is 0 Å². The molecule has 19 heavy (non-hydrogen) atoms. The minimum absolute atomic E-state index is 0.0618. The lowest BCUT2D eigenvalue weighted by Crippen LogP contribution is -2.26. The summed E-state index contributed by atoms with van der Waals surface area (Å²) in [5.74, 6) is 0.477. The lowest BCUT2D eigenvalue weighted by atomic mass is 10.2. The van der Waals surface area contributed by atoms with Crippen molar-refractivity contribution in [3.63, 3.8) is 0 Å². The highest BCUT2D eigenvalue weighted by Crippen LogP contribution is 2.16. The molecule has 0 fully saturated rings. The molecule has 2 aromatic heterocycles. The van der Waals surface area contributed by atoms with Crippen LogP contribution in [0.1, 0.15) is 15.9 Å². The largest absolute Gasteiger partial charge is 0.481 e. The smallest absolute Gasteiger partial charge is 0.254 e. The zero-order valence-corrected chi connectivity index (χ0v) is 10.9. The van der Waals surface area contributed by atoms with Crippen LogP contribution < -0.4 is 4.74 Å². The first-order valence-corrected chi connectivity index (χ1v) is 5.85. The molecular formula is C14H15N3O2. The Labute approximate surface area is 111 Å². The maximum Gasteiger partial charge on any atom is 0.254 e. The van der Waals surface area contributed by atoms with Gasteiger partial charge in [-0.25, -0.2) is 4.98 Å². The number of rotatable bonds is 4. The van der Waals surface area contributed by atoms with Crippen molar-refractivity contribution in [2.75, 3.05) is 14.2 Å². The number of ether oxygens (including phenoxy) is 1. The molecule has 2 aromatic rings. The molecule has 0 aliphatic heterocycles. The van der Waals surface area contributed by atoms with Crippen molar-refractivity contribution in [1.29, 1.82) is 0 Å². The van der Waals surface area contributed by atoms with Gasteiger partial charge in [-0.1, -0.05) is 6.07 Å². The summed E-state index contributed by atoms with van der Waals surface area (Å²) in [6, 6.07) is 7.10. The minimum atomic E-state index is -0.0618. The van der Waals surface area contributed by atoms with Crippen LogP contribution >= 0.6 is 0 Å². The Morgan fingerprint density at radius 1 is 1.26 bits per heavy atom. The Balaban J connectivity index is 2.13. The van der Waals surface area contributed by atoms with Gasteiger partial charge in [0.15, 0.2) is 0 Å². The van der Waals surface area contributed by atoms with Crippen molar-refractivity contribution in [3.05, 3.63) is 54.0 Å². The van der Waals surface area contributed by atoms with Gasteiger partial charge in [0.1, 0.15) is 0 Å². The molecule has 0 aliphatic rings. The Bertz CT molecular complexity index is 558. The molecule has 2 rings (SSSR count). The number of hydrogen-bond acceptors (Lipinski definition) is 4. The van der Waals surface area contributed by atoms with Gasteiger partial charge in [0.05, 0.1) is 13.7 Å². The average Bonchev–Trinajstić information content (AvgIpc) is 2.48. The molecule has 0 aliphatic carbocycles. The van der Waals surface area contributed by atoms with E-state index in [-0.39, 0.29) is 5.91 Å². The molecule has 98 valence electrons. The van der Waals surface area contributed by atoms with Gasteiger partial charge in [-0.05, 0) is 18.2 Å². The predicted molar refractivity (Wildman–Crippen MR) is 70.8 cm³/mol. The summed E-state index contributed by atoms with van der Waals surface area (Å²) < 4.78 is 5.17. The summed E-state index contributed by atoms with van der Waals surface area (Å²) in [4.78, 5) is 21.8. The number of hydrogen-bond donors (Lipinski definition) is 0. The summed E-state index contributed by atoms with van der Waals surface area (Å²) in [6.07, 6.45) is 4.87. The minimum Gasteiger partial charge on any atom is -0.481 e. The molecule has 0 aromatic carbocycles. The maximum absolute atomic E-state index is 12.2. The van der Waals surface area contributed by atoms with E-state index in [9.17, 15) is 4.79 Å². The van der Waals surface area contributed by atoms with Crippen molar-refractivity contribution < 1.29 is 9.53 Å². The lowest BCUT2D eigenvalue weighted by Gasteiger charge is -2.18. The topological polar surface area (TPSA) is 55.3 Å². The lowest BCUT2D eigenvalue weighted by molar-refractivity contribution is 0.0784. The van der Waals surface area contributed by atoms with Crippen LogP contribution in [0.15, 0.2) is 42.9 Å². The van der Waals surface area contributed by atoms with E-state index in [0.717, 1.165) is 5.56 Å². The molecule has 0 spiro atoms. The number of methoxy groups -OCH3 is 1. The highest BCUT2D eigenvalue weighted by atomic mass is 16.5. The fraction of sp³-hybridized carbons (Fsp3) is 0.214. The van der Waals surface area contributed by atoms with E-state index in [1.54, 1.807) is 49.8 Å². The van der Waals surface area contributed by atoms with Crippen molar-refractivity contribution in [2.45, 2.75) is 6.54 Å². The summed E-state index contributed by atoms with van der Waals surface area (Å²) in [6.45, 7) is 0.443. The molecule has 2 heterocycles. The van der Waals surface area contributed by atoms with E-state index in [2.05, 4.69) is 9.97 Å². The molecule has 0 bridgehead atoms. The molecule has 0 N–H and O–H groups in total. The zero-order chi connectivity index (χ0) is 13.7. The van der Waals surface area contributed by atoms with Crippen molar-refractivity contribution in [2.24, 2.45) is 0 Å². The Hall–Kier alpha value is -2.43. The molecule has 0 unspecified atom stereocenters. The number of carbonyl (C=O) groups excluding carboxylic acids is 1. The average molecular weight is 257 g/mol. The van der Waals surface area contributed by atoms with Gasteiger partial charge in [-0.15, -0.1) is 0 Å². The summed E-state index contributed by atoms with van der Waals surface area (Å²) >= 11 is 0. The second-order valence-electron chi connectivity index (χ2n) is 4.07. The number of amides is 1. The SMILES string of the molecule is COc1ncccc1CN(C)C(=O)c1ccncc1. The fourth-order valence-electron chi connectivity index (χ4n) is 1.77. The van der Waals surface area contributed by atoms with E-state index in [1.165, 1.54) is 0 Å². The van der Waals surface area contributed by atoms with Crippen molar-refractivity contribution in [3.8, 4) is 5.88 Å². The van der Waals surface area contributed by atoms with Gasteiger partial charge in [0.25, 0.3) is 5.91 Å². The Morgan fingerprint density at radius 3 is 2.68 bits per heavy atom. The van der Waals surface area contributed by atoms with E-state index in [4.69, 9.17) is 4.74 Å². The molecule has 0 radical (unpaired) electrons. The second-order valence-corrected chi connectivity index (χ2v) is 4.07. The monoisotopic (exact) mass is 257 g/mol. The van der Waals surface area contributed by atoms with E-state index < -0.39 is 0 Å². The Kier molecular flexibility index (Phi) is 4.07. The first-order chi connectivity index (χ1) is 9.22. The van der Waals surface area contributed by atoms with Gasteiger partial charge in [-0.3, -0.25) is 9.78 Å². The molecular weight excluding hydrogens is 242 g/mol. The molecule has 0 atom stereocenters. The highest BCUT2D eigenvalue weighted by Gasteiger charge is 2.14. The van der Waals surface area contributed by atoms with Crippen LogP contribution in [0.2, 0.25) is 0 Å². The van der Waals surface area contributed by atoms with E-state index in [0.29, 0.717) is 18.0 Å². The molecule has 0 saturated carbocycles. The van der Waals surface area contributed by atoms with Crippen molar-refractivity contribution >= 4 is 5.91 Å². The second kappa shape index (κ2) is 5.95. The van der Waals surface area contributed by atoms with Gasteiger partial charge >= 0.3 is 0 Å². The van der Waals surface area contributed by atoms with Gasteiger partial charge in [-0.2, -0.15) is 0 Å². The first-order valence-electron chi connectivity index (χ1n) is 5.85. The molecule has 0 saturated heterocycles.